The van der Waals surface area contributed by atoms with Crippen molar-refractivity contribution in [2.45, 2.75) is 45.8 Å². The van der Waals surface area contributed by atoms with Gasteiger partial charge in [-0.2, -0.15) is 0 Å². The summed E-state index contributed by atoms with van der Waals surface area (Å²) in [6.07, 6.45) is 1.07. The van der Waals surface area contributed by atoms with Gasteiger partial charge in [-0.3, -0.25) is 0 Å². The highest BCUT2D eigenvalue weighted by molar-refractivity contribution is 5.87. The summed E-state index contributed by atoms with van der Waals surface area (Å²) in [6, 6.07) is 0. The van der Waals surface area contributed by atoms with Crippen molar-refractivity contribution in [1.82, 2.24) is 0 Å². The number of carbonyl (C=O) groups is 1. The van der Waals surface area contributed by atoms with Gasteiger partial charge in [-0.25, -0.2) is 4.79 Å². The lowest BCUT2D eigenvalue weighted by atomic mass is 9.79. The molecule has 1 aliphatic carbocycles. The first-order chi connectivity index (χ1) is 6.91. The van der Waals surface area contributed by atoms with Crippen LogP contribution >= 0.6 is 0 Å². The molecule has 0 aromatic rings. The minimum absolute atomic E-state index is 0.0856. The molecule has 0 saturated heterocycles. The Morgan fingerprint density at radius 3 is 2.20 bits per heavy atom. The van der Waals surface area contributed by atoms with Crippen LogP contribution in [0.5, 0.6) is 0 Å². The van der Waals surface area contributed by atoms with Crippen molar-refractivity contribution in [2.24, 2.45) is 11.8 Å². The molecule has 1 fully saturated rings. The van der Waals surface area contributed by atoms with Gasteiger partial charge in [-0.1, -0.05) is 20.4 Å². The van der Waals surface area contributed by atoms with Crippen LogP contribution in [-0.2, 0) is 9.53 Å². The van der Waals surface area contributed by atoms with Crippen LogP contribution < -0.4 is 0 Å². The van der Waals surface area contributed by atoms with Crippen LogP contribution in [-0.4, -0.2) is 23.3 Å². The highest BCUT2D eigenvalue weighted by atomic mass is 16.5. The normalized spacial score (nSPS) is 36.0. The van der Waals surface area contributed by atoms with E-state index in [4.69, 9.17) is 4.74 Å². The van der Waals surface area contributed by atoms with Crippen molar-refractivity contribution < 1.29 is 14.6 Å². The number of carbonyl (C=O) groups excluding carboxylic acids is 1. The van der Waals surface area contributed by atoms with Gasteiger partial charge in [0.15, 0.2) is 0 Å². The van der Waals surface area contributed by atoms with E-state index in [9.17, 15) is 9.90 Å². The Kier molecular flexibility index (Phi) is 3.91. The summed E-state index contributed by atoms with van der Waals surface area (Å²) >= 11 is 0. The fourth-order valence-corrected chi connectivity index (χ4v) is 2.24. The summed E-state index contributed by atoms with van der Waals surface area (Å²) in [7, 11) is 0. The fourth-order valence-electron chi connectivity index (χ4n) is 2.24. The summed E-state index contributed by atoms with van der Waals surface area (Å²) in [6.45, 7) is 9.23. The number of hydrogen-bond donors (Lipinski definition) is 1. The molecule has 3 heteroatoms. The van der Waals surface area contributed by atoms with E-state index in [0.717, 1.165) is 0 Å². The molecule has 0 heterocycles. The van der Waals surface area contributed by atoms with Crippen LogP contribution in [0, 0.1) is 11.8 Å². The molecular weight excluding hydrogens is 192 g/mol. The summed E-state index contributed by atoms with van der Waals surface area (Å²) in [5.41, 5.74) is 0.431. The van der Waals surface area contributed by atoms with Gasteiger partial charge in [-0.15, -0.1) is 0 Å². The van der Waals surface area contributed by atoms with Gasteiger partial charge in [0.1, 0.15) is 6.10 Å². The number of hydrogen-bond acceptors (Lipinski definition) is 3. The van der Waals surface area contributed by atoms with Crippen LogP contribution in [0.4, 0.5) is 0 Å². The molecule has 0 aromatic carbocycles. The maximum Gasteiger partial charge on any atom is 0.333 e. The SMILES string of the molecule is C=C(C)C(=O)OC1C(C)CC(O)CC1C. The van der Waals surface area contributed by atoms with E-state index in [1.54, 1.807) is 6.92 Å². The second kappa shape index (κ2) is 4.79. The van der Waals surface area contributed by atoms with Gasteiger partial charge < -0.3 is 9.84 Å². The van der Waals surface area contributed by atoms with E-state index in [-0.39, 0.29) is 30.0 Å². The Labute approximate surface area is 91.1 Å². The topological polar surface area (TPSA) is 46.5 Å². The number of rotatable bonds is 2. The van der Waals surface area contributed by atoms with Crippen molar-refractivity contribution >= 4 is 5.97 Å². The van der Waals surface area contributed by atoms with E-state index in [0.29, 0.717) is 18.4 Å². The predicted octanol–water partition coefficient (Wildman–Crippen LogP) is 1.90. The average molecular weight is 212 g/mol. The molecule has 86 valence electrons. The summed E-state index contributed by atoms with van der Waals surface area (Å²) in [5, 5.41) is 9.55. The summed E-state index contributed by atoms with van der Waals surface area (Å²) in [5.74, 6) is 0.106. The minimum atomic E-state index is -0.324. The summed E-state index contributed by atoms with van der Waals surface area (Å²) < 4.78 is 5.38. The van der Waals surface area contributed by atoms with Crippen LogP contribution in [0.25, 0.3) is 0 Å². The molecule has 0 spiro atoms. The lowest BCUT2D eigenvalue weighted by Crippen LogP contribution is -2.39. The third kappa shape index (κ3) is 3.06. The molecule has 1 saturated carbocycles. The van der Waals surface area contributed by atoms with Gasteiger partial charge in [0.05, 0.1) is 6.10 Å². The quantitative estimate of drug-likeness (QED) is 0.561. The van der Waals surface area contributed by atoms with Crippen LogP contribution in [0.15, 0.2) is 12.2 Å². The molecule has 0 amide bonds. The molecule has 0 radical (unpaired) electrons. The average Bonchev–Trinajstić information content (AvgIpc) is 2.10. The third-order valence-corrected chi connectivity index (χ3v) is 3.00. The largest absolute Gasteiger partial charge is 0.458 e. The van der Waals surface area contributed by atoms with E-state index < -0.39 is 0 Å². The molecular formula is C12H20O3. The second-order valence-corrected chi connectivity index (χ2v) is 4.73. The van der Waals surface area contributed by atoms with Gasteiger partial charge in [-0.05, 0) is 31.6 Å². The Hall–Kier alpha value is -0.830. The summed E-state index contributed by atoms with van der Waals surface area (Å²) in [4.78, 5) is 11.4. The molecule has 1 N–H and O–H groups in total. The first-order valence-electron chi connectivity index (χ1n) is 5.46. The maximum atomic E-state index is 11.4. The van der Waals surface area contributed by atoms with Gasteiger partial charge in [0, 0.05) is 5.57 Å². The van der Waals surface area contributed by atoms with E-state index >= 15 is 0 Å². The monoisotopic (exact) mass is 212 g/mol. The van der Waals surface area contributed by atoms with Crippen molar-refractivity contribution in [1.29, 1.82) is 0 Å². The molecule has 2 atom stereocenters. The van der Waals surface area contributed by atoms with Crippen molar-refractivity contribution in [3.8, 4) is 0 Å². The number of aliphatic hydroxyl groups is 1. The van der Waals surface area contributed by atoms with Crippen LogP contribution in [0.2, 0.25) is 0 Å². The first kappa shape index (κ1) is 12.2. The number of aliphatic hydroxyl groups excluding tert-OH is 1. The van der Waals surface area contributed by atoms with Gasteiger partial charge in [0.25, 0.3) is 0 Å². The third-order valence-electron chi connectivity index (χ3n) is 3.00. The smallest absolute Gasteiger partial charge is 0.333 e. The van der Waals surface area contributed by atoms with Crippen molar-refractivity contribution in [3.05, 3.63) is 12.2 Å². The zero-order valence-electron chi connectivity index (χ0n) is 9.69. The van der Waals surface area contributed by atoms with Crippen molar-refractivity contribution in [3.63, 3.8) is 0 Å². The standard InChI is InChI=1S/C12H20O3/c1-7(2)12(14)15-11-8(3)5-10(13)6-9(11)4/h8-11,13H,1,5-6H2,2-4H3. The molecule has 1 aliphatic rings. The van der Waals surface area contributed by atoms with Crippen LogP contribution in [0.1, 0.15) is 33.6 Å². The van der Waals surface area contributed by atoms with Crippen molar-refractivity contribution in [2.75, 3.05) is 0 Å². The molecule has 0 aromatic heterocycles. The van der Waals surface area contributed by atoms with Gasteiger partial charge in [0.2, 0.25) is 0 Å². The first-order valence-corrected chi connectivity index (χ1v) is 5.46. The van der Waals surface area contributed by atoms with Crippen LogP contribution in [0.3, 0.4) is 0 Å². The highest BCUT2D eigenvalue weighted by Crippen LogP contribution is 2.31. The molecule has 3 nitrogen and oxygen atoms in total. The molecule has 0 aliphatic heterocycles. The Morgan fingerprint density at radius 2 is 1.80 bits per heavy atom. The zero-order valence-corrected chi connectivity index (χ0v) is 9.69. The predicted molar refractivity (Wildman–Crippen MR) is 58.3 cm³/mol. The molecule has 2 unspecified atom stereocenters. The Morgan fingerprint density at radius 1 is 1.33 bits per heavy atom. The van der Waals surface area contributed by atoms with E-state index in [2.05, 4.69) is 6.58 Å². The zero-order chi connectivity index (χ0) is 11.6. The second-order valence-electron chi connectivity index (χ2n) is 4.73. The highest BCUT2D eigenvalue weighted by Gasteiger charge is 2.34. The number of esters is 1. The van der Waals surface area contributed by atoms with E-state index in [1.165, 1.54) is 0 Å². The molecule has 15 heavy (non-hydrogen) atoms. The molecule has 1 rings (SSSR count). The Bertz CT molecular complexity index is 248. The lowest BCUT2D eigenvalue weighted by Gasteiger charge is -2.36. The maximum absolute atomic E-state index is 11.4. The lowest BCUT2D eigenvalue weighted by molar-refractivity contribution is -0.154. The fraction of sp³-hybridized carbons (Fsp3) is 0.750. The number of ether oxygens (including phenoxy) is 1. The minimum Gasteiger partial charge on any atom is -0.458 e. The van der Waals surface area contributed by atoms with Gasteiger partial charge >= 0.3 is 5.97 Å². The molecule has 0 bridgehead atoms. The Balaban J connectivity index is 2.60. The van der Waals surface area contributed by atoms with E-state index in [1.807, 2.05) is 13.8 Å².